The van der Waals surface area contributed by atoms with E-state index < -0.39 is 11.9 Å². The summed E-state index contributed by atoms with van der Waals surface area (Å²) in [6.07, 6.45) is 4.39. The number of methoxy groups -OCH3 is 1. The van der Waals surface area contributed by atoms with Crippen molar-refractivity contribution in [2.24, 2.45) is 0 Å². The van der Waals surface area contributed by atoms with Gasteiger partial charge in [0.05, 0.1) is 19.0 Å². The molecular weight excluding hydrogens is 857 g/mol. The number of aromatic nitrogens is 2. The minimum absolute atomic E-state index is 0.193. The van der Waals surface area contributed by atoms with Crippen LogP contribution in [0, 0.1) is 11.8 Å². The smallest absolute Gasteiger partial charge is 0.255 e. The Hall–Kier alpha value is -6.03. The molecule has 4 aliphatic heterocycles. The molecule has 65 heavy (non-hydrogen) atoms. The minimum Gasteiger partial charge on any atom is -0.494 e. The molecule has 4 aliphatic rings. The van der Waals surface area contributed by atoms with E-state index >= 15 is 0 Å². The molecule has 9 rings (SSSR count). The van der Waals surface area contributed by atoms with Crippen molar-refractivity contribution in [3.8, 4) is 17.6 Å². The molecule has 13 nitrogen and oxygen atoms in total. The van der Waals surface area contributed by atoms with Crippen molar-refractivity contribution in [2.45, 2.75) is 50.9 Å². The number of rotatable bonds is 11. The summed E-state index contributed by atoms with van der Waals surface area (Å²) in [5.41, 5.74) is 7.24. The summed E-state index contributed by atoms with van der Waals surface area (Å²) >= 11 is 6.54. The maximum absolute atomic E-state index is 13.2. The van der Waals surface area contributed by atoms with Crippen LogP contribution in [0.2, 0.25) is 5.02 Å². The Morgan fingerprint density at radius 3 is 2.40 bits per heavy atom. The zero-order valence-corrected chi connectivity index (χ0v) is 38.6. The van der Waals surface area contributed by atoms with Crippen molar-refractivity contribution in [3.05, 3.63) is 124 Å². The second kappa shape index (κ2) is 19.6. The number of amides is 3. The number of carbonyl (C=O) groups excluding carboxylic acids is 3. The van der Waals surface area contributed by atoms with E-state index in [-0.39, 0.29) is 26.2 Å². The van der Waals surface area contributed by atoms with Gasteiger partial charge in [-0.1, -0.05) is 67.8 Å². The molecule has 0 spiro atoms. The van der Waals surface area contributed by atoms with Crippen molar-refractivity contribution >= 4 is 71.4 Å². The van der Waals surface area contributed by atoms with Gasteiger partial charge in [-0.15, -0.1) is 0 Å². The van der Waals surface area contributed by atoms with Crippen LogP contribution < -0.4 is 30.9 Å². The Morgan fingerprint density at radius 1 is 0.862 bits per heavy atom. The highest BCUT2D eigenvalue weighted by Gasteiger charge is 2.39. The Bertz CT molecular complexity index is 2650. The molecule has 5 aromatic rings. The van der Waals surface area contributed by atoms with Crippen molar-refractivity contribution in [2.75, 3.05) is 75.2 Å². The van der Waals surface area contributed by atoms with Crippen LogP contribution in [0.15, 0.2) is 91.1 Å². The van der Waals surface area contributed by atoms with E-state index in [1.165, 1.54) is 10.9 Å². The van der Waals surface area contributed by atoms with E-state index in [2.05, 4.69) is 109 Å². The zero-order valence-electron chi connectivity index (χ0n) is 36.9. The fourth-order valence-electron chi connectivity index (χ4n) is 9.28. The monoisotopic (exact) mass is 909 g/mol. The number of nitrogens with zero attached hydrogens (tertiary/aromatic N) is 6. The molecule has 15 heteroatoms. The highest BCUT2D eigenvalue weighted by Crippen LogP contribution is 2.35. The molecule has 1 atom stereocenters. The average molecular weight is 910 g/mol. The summed E-state index contributed by atoms with van der Waals surface area (Å²) in [5, 5.41) is 10.8. The first-order valence-corrected chi connectivity index (χ1v) is 24.8. The van der Waals surface area contributed by atoms with Crippen LogP contribution in [-0.4, -0.2) is 114 Å². The molecule has 334 valence electrons. The molecule has 3 saturated heterocycles. The Kier molecular flexibility index (Phi) is 13.3. The quantitative estimate of drug-likeness (QED) is 0.0723. The summed E-state index contributed by atoms with van der Waals surface area (Å²) in [4.78, 5) is 55.8. The lowest BCUT2D eigenvalue weighted by atomic mass is 10.0. The third-order valence-corrected chi connectivity index (χ3v) is 14.5. The van der Waals surface area contributed by atoms with Crippen LogP contribution in [0.1, 0.15) is 58.3 Å². The zero-order chi connectivity index (χ0) is 45.0. The van der Waals surface area contributed by atoms with Crippen LogP contribution >= 0.6 is 19.5 Å². The molecule has 0 saturated carbocycles. The third kappa shape index (κ3) is 9.97. The predicted octanol–water partition coefficient (Wildman–Crippen LogP) is 6.94. The van der Waals surface area contributed by atoms with Gasteiger partial charge in [0.25, 0.3) is 5.91 Å². The lowest BCUT2D eigenvalue weighted by Crippen LogP contribution is -2.53. The molecule has 5 heterocycles. The molecule has 0 bridgehead atoms. The van der Waals surface area contributed by atoms with Gasteiger partial charge >= 0.3 is 0 Å². The number of hydrogen-bond acceptors (Lipinski definition) is 11. The summed E-state index contributed by atoms with van der Waals surface area (Å²) in [7, 11) is 1.37. The Balaban J connectivity index is 0.742. The maximum atomic E-state index is 13.2. The van der Waals surface area contributed by atoms with Crippen LogP contribution in [0.5, 0.6) is 5.75 Å². The number of para-hydroxylation sites is 1. The van der Waals surface area contributed by atoms with Gasteiger partial charge in [0.1, 0.15) is 16.8 Å². The van der Waals surface area contributed by atoms with Crippen molar-refractivity contribution in [1.29, 1.82) is 0 Å². The van der Waals surface area contributed by atoms with E-state index in [1.54, 1.807) is 24.3 Å². The van der Waals surface area contributed by atoms with Gasteiger partial charge in [-0.2, -0.15) is 4.98 Å². The van der Waals surface area contributed by atoms with Gasteiger partial charge < -0.3 is 25.2 Å². The van der Waals surface area contributed by atoms with Crippen LogP contribution in [0.25, 0.3) is 0 Å². The van der Waals surface area contributed by atoms with Gasteiger partial charge in [-0.3, -0.25) is 29.5 Å². The van der Waals surface area contributed by atoms with Crippen molar-refractivity contribution in [3.63, 3.8) is 0 Å². The molecule has 3 amide bonds. The number of piperidine rings is 2. The minimum atomic E-state index is -0.649. The topological polar surface area (TPSA) is 135 Å². The van der Waals surface area contributed by atoms with E-state index in [1.807, 2.05) is 30.3 Å². The Labute approximate surface area is 386 Å². The summed E-state index contributed by atoms with van der Waals surface area (Å²) < 4.78 is 5.85. The van der Waals surface area contributed by atoms with Crippen LogP contribution in [0.4, 0.5) is 28.8 Å². The largest absolute Gasteiger partial charge is 0.494 e. The molecular formula is C50H53ClN9O4P. The molecule has 3 fully saturated rings. The number of imide groups is 1. The average Bonchev–Trinajstić information content (AvgIpc) is 3.66. The first-order chi connectivity index (χ1) is 31.6. The molecule has 0 radical (unpaired) electrons. The van der Waals surface area contributed by atoms with Gasteiger partial charge in [0, 0.05) is 99.0 Å². The predicted molar refractivity (Wildman–Crippen MR) is 258 cm³/mol. The van der Waals surface area contributed by atoms with Crippen LogP contribution in [0.3, 0.4) is 0 Å². The lowest BCUT2D eigenvalue weighted by Gasteiger charge is -2.43. The number of benzene rings is 4. The van der Waals surface area contributed by atoms with Crippen LogP contribution in [-0.2, 0) is 22.7 Å². The number of piperazine rings is 1. The molecule has 4 aromatic carbocycles. The summed E-state index contributed by atoms with van der Waals surface area (Å²) in [6, 6.07) is 28.4. The van der Waals surface area contributed by atoms with E-state index in [9.17, 15) is 14.4 Å². The number of halogens is 1. The fourth-order valence-corrected chi connectivity index (χ4v) is 10.4. The SMILES string of the molecule is COc1cc(N2CCC(N3CCN(Cc4ccc(C#Cc5cccc6c5CN(C5CCC(=O)NC5=O)C6=O)cc4)CC3)CC2)ccc1Nc1ncc(Cl)c(Nc2ccccc2P(C)C)n1. The highest BCUT2D eigenvalue weighted by atomic mass is 35.5. The summed E-state index contributed by atoms with van der Waals surface area (Å²) in [5.74, 6) is 7.35. The number of hydrogen-bond donors (Lipinski definition) is 3. The number of nitrogens with one attached hydrogen (secondary N) is 3. The first kappa shape index (κ1) is 44.2. The fraction of sp³-hybridized carbons (Fsp3) is 0.340. The van der Waals surface area contributed by atoms with Crippen molar-refractivity contribution < 1.29 is 19.1 Å². The van der Waals surface area contributed by atoms with Gasteiger partial charge in [-0.25, -0.2) is 4.98 Å². The number of ether oxygens (including phenoxy) is 1. The summed E-state index contributed by atoms with van der Waals surface area (Å²) in [6.45, 7) is 11.8. The third-order valence-electron chi connectivity index (χ3n) is 12.9. The first-order valence-electron chi connectivity index (χ1n) is 22.2. The normalized spacial score (nSPS) is 18.3. The lowest BCUT2D eigenvalue weighted by molar-refractivity contribution is -0.136. The Morgan fingerprint density at radius 2 is 1.65 bits per heavy atom. The van der Waals surface area contributed by atoms with E-state index in [4.69, 9.17) is 21.3 Å². The second-order valence-corrected chi connectivity index (χ2v) is 19.8. The highest BCUT2D eigenvalue weighted by molar-refractivity contribution is 7.64. The number of carbonyl (C=O) groups is 3. The maximum Gasteiger partial charge on any atom is 0.255 e. The number of anilines is 5. The molecule has 0 aliphatic carbocycles. The number of fused-ring (bicyclic) bond motifs is 1. The molecule has 1 aromatic heterocycles. The standard InChI is InChI=1S/C50H53ClN9O4P/c1-64-44-29-37(17-18-41(44)54-50-52-30-40(51)47(56-50)53-42-9-4-5-10-45(42)65(2)3)58-23-21-36(22-24-58)59-27-25-57(26-28-59)31-34-13-11-33(12-14-34)15-16-35-7-6-8-38-39(35)32-60(49(38)63)43-19-20-46(61)55-48(43)62/h4-14,17-18,29-30,36,43H,19-28,31-32H2,1-3H3,(H,55,61,62)(H2,52,53,54,56). The van der Waals surface area contributed by atoms with Gasteiger partial charge in [-0.05, 0) is 91.5 Å². The second-order valence-electron chi connectivity index (χ2n) is 17.1. The molecule has 1 unspecified atom stereocenters. The van der Waals surface area contributed by atoms with Gasteiger partial charge in [0.15, 0.2) is 5.82 Å². The van der Waals surface area contributed by atoms with Crippen molar-refractivity contribution in [1.82, 2.24) is 30.0 Å². The van der Waals surface area contributed by atoms with E-state index in [0.29, 0.717) is 41.4 Å². The van der Waals surface area contributed by atoms with Gasteiger partial charge in [0.2, 0.25) is 17.8 Å². The van der Waals surface area contributed by atoms with E-state index in [0.717, 1.165) is 98.2 Å². The molecule has 3 N–H and O–H groups in total.